The summed E-state index contributed by atoms with van der Waals surface area (Å²) in [6.07, 6.45) is 0.833. The summed E-state index contributed by atoms with van der Waals surface area (Å²) in [5.41, 5.74) is 3.55. The van der Waals surface area contributed by atoms with Crippen LogP contribution in [0, 0.1) is 5.92 Å². The molecule has 3 N–H and O–H groups in total. The first-order chi connectivity index (χ1) is 20.2. The van der Waals surface area contributed by atoms with Crippen molar-refractivity contribution in [3.63, 3.8) is 0 Å². The Kier molecular flexibility index (Phi) is 6.98. The van der Waals surface area contributed by atoms with Gasteiger partial charge in [0.25, 0.3) is 11.8 Å². The van der Waals surface area contributed by atoms with Crippen molar-refractivity contribution in [2.75, 3.05) is 4.90 Å². The molecule has 0 radical (unpaired) electrons. The summed E-state index contributed by atoms with van der Waals surface area (Å²) in [6, 6.07) is 18.1. The van der Waals surface area contributed by atoms with Crippen LogP contribution < -0.4 is 10.2 Å². The number of anilines is 1. The van der Waals surface area contributed by atoms with Crippen LogP contribution in [0.1, 0.15) is 53.5 Å². The topological polar surface area (TPSA) is 123 Å². The quantitative estimate of drug-likeness (QED) is 0.246. The number of nitrogens with one attached hydrogen (secondary N) is 2. The van der Waals surface area contributed by atoms with E-state index in [2.05, 4.69) is 10.3 Å². The molecule has 0 bridgehead atoms. The van der Waals surface area contributed by atoms with Gasteiger partial charge in [-0.3, -0.25) is 14.5 Å². The van der Waals surface area contributed by atoms with Crippen LogP contribution in [0.15, 0.2) is 72.8 Å². The van der Waals surface area contributed by atoms with E-state index in [-0.39, 0.29) is 17.2 Å². The molecule has 0 saturated carbocycles. The SMILES string of the molecule is CC[C@H](C)[C@H](NC(=O)c1ccccc1N1C(=O)[C@@H]2Cc3c([nH]c4ccccc34)[C@@H](c3cccc(Cl)c3)N2C1=O)C(=O)O. The first-order valence-corrected chi connectivity index (χ1v) is 14.2. The van der Waals surface area contributed by atoms with Crippen LogP contribution in [0.4, 0.5) is 10.5 Å². The van der Waals surface area contributed by atoms with Gasteiger partial charge in [0.15, 0.2) is 0 Å². The van der Waals surface area contributed by atoms with E-state index in [1.54, 1.807) is 42.2 Å². The van der Waals surface area contributed by atoms with Crippen molar-refractivity contribution in [2.24, 2.45) is 5.92 Å². The second-order valence-corrected chi connectivity index (χ2v) is 11.2. The molecule has 3 aromatic carbocycles. The van der Waals surface area contributed by atoms with E-state index >= 15 is 0 Å². The maximum atomic E-state index is 14.3. The molecule has 3 heterocycles. The first-order valence-electron chi connectivity index (χ1n) is 13.8. The number of urea groups is 1. The van der Waals surface area contributed by atoms with Crippen molar-refractivity contribution < 1.29 is 24.3 Å². The van der Waals surface area contributed by atoms with Gasteiger partial charge in [0.1, 0.15) is 18.1 Å². The normalized spacial score (nSPS) is 19.4. The molecule has 0 aliphatic carbocycles. The summed E-state index contributed by atoms with van der Waals surface area (Å²) in [4.78, 5) is 59.8. The van der Waals surface area contributed by atoms with Gasteiger partial charge in [-0.05, 0) is 47.4 Å². The number of fused-ring (bicyclic) bond motifs is 4. The lowest BCUT2D eigenvalue weighted by Crippen LogP contribution is -2.45. The highest BCUT2D eigenvalue weighted by Crippen LogP contribution is 2.45. The van der Waals surface area contributed by atoms with Crippen molar-refractivity contribution in [2.45, 2.75) is 44.8 Å². The number of benzene rings is 3. The van der Waals surface area contributed by atoms with E-state index in [1.807, 2.05) is 37.3 Å². The lowest BCUT2D eigenvalue weighted by Gasteiger charge is -2.36. The highest BCUT2D eigenvalue weighted by atomic mass is 35.5. The van der Waals surface area contributed by atoms with Crippen LogP contribution >= 0.6 is 11.6 Å². The number of halogens is 1. The monoisotopic (exact) mass is 584 g/mol. The van der Waals surface area contributed by atoms with Crippen molar-refractivity contribution in [1.82, 2.24) is 15.2 Å². The minimum Gasteiger partial charge on any atom is -0.480 e. The Bertz CT molecular complexity index is 1750. The lowest BCUT2D eigenvalue weighted by atomic mass is 9.89. The Labute approximate surface area is 247 Å². The molecular formula is C32H29ClN4O5. The fourth-order valence-corrected chi connectivity index (χ4v) is 6.28. The fourth-order valence-electron chi connectivity index (χ4n) is 6.08. The van der Waals surface area contributed by atoms with Gasteiger partial charge >= 0.3 is 12.0 Å². The maximum absolute atomic E-state index is 14.3. The van der Waals surface area contributed by atoms with Crippen LogP contribution in [0.5, 0.6) is 0 Å². The number of hydrogen-bond donors (Lipinski definition) is 3. The van der Waals surface area contributed by atoms with Crippen LogP contribution in [-0.4, -0.2) is 50.9 Å². The van der Waals surface area contributed by atoms with E-state index < -0.39 is 41.9 Å². The largest absolute Gasteiger partial charge is 0.480 e. The molecule has 0 spiro atoms. The molecule has 4 aromatic rings. The van der Waals surface area contributed by atoms with Gasteiger partial charge in [-0.1, -0.05) is 74.3 Å². The number of hydrogen-bond acceptors (Lipinski definition) is 4. The third-order valence-corrected chi connectivity index (χ3v) is 8.60. The number of nitrogens with zero attached hydrogens (tertiary/aromatic N) is 2. The standard InChI is InChI=1S/C32H29ClN4O5/c1-3-17(2)26(31(40)41)35-29(38)21-12-5-7-14-24(21)37-30(39)25-16-22-20-11-4-6-13-23(20)34-27(22)28(36(25)32(37)42)18-9-8-10-19(33)15-18/h4-15,17,25-26,28,34H,3,16H2,1-2H3,(H,35,38)(H,40,41)/t17-,25-,26-,28+/m0/s1. The summed E-state index contributed by atoms with van der Waals surface area (Å²) in [6.45, 7) is 3.58. The second kappa shape index (κ2) is 10.6. The molecular weight excluding hydrogens is 556 g/mol. The molecule has 6 rings (SSSR count). The molecule has 1 saturated heterocycles. The van der Waals surface area contributed by atoms with Crippen molar-refractivity contribution in [3.05, 3.63) is 100 Å². The number of carboxylic acids is 1. The summed E-state index contributed by atoms with van der Waals surface area (Å²) in [7, 11) is 0. The number of rotatable bonds is 7. The highest BCUT2D eigenvalue weighted by Gasteiger charge is 2.53. The smallest absolute Gasteiger partial charge is 0.332 e. The van der Waals surface area contributed by atoms with Gasteiger partial charge in [-0.25, -0.2) is 14.5 Å². The number of imide groups is 1. The van der Waals surface area contributed by atoms with Crippen LogP contribution in [0.2, 0.25) is 5.02 Å². The molecule has 9 nitrogen and oxygen atoms in total. The number of carbonyl (C=O) groups is 4. The number of aromatic nitrogens is 1. The molecule has 214 valence electrons. The maximum Gasteiger partial charge on any atom is 0.332 e. The zero-order valence-electron chi connectivity index (χ0n) is 23.0. The zero-order chi connectivity index (χ0) is 29.7. The van der Waals surface area contributed by atoms with E-state index in [9.17, 15) is 24.3 Å². The number of H-pyrrole nitrogens is 1. The number of para-hydroxylation sites is 2. The Morgan fingerprint density at radius 3 is 2.55 bits per heavy atom. The Balaban J connectivity index is 1.44. The summed E-state index contributed by atoms with van der Waals surface area (Å²) in [5.74, 6) is -2.62. The molecule has 0 unspecified atom stereocenters. The van der Waals surface area contributed by atoms with Crippen molar-refractivity contribution in [1.29, 1.82) is 0 Å². The van der Waals surface area contributed by atoms with Gasteiger partial charge in [0, 0.05) is 28.0 Å². The lowest BCUT2D eigenvalue weighted by molar-refractivity contribution is -0.140. The third kappa shape index (κ3) is 4.41. The summed E-state index contributed by atoms with van der Waals surface area (Å²) >= 11 is 6.38. The highest BCUT2D eigenvalue weighted by molar-refractivity contribution is 6.30. The molecule has 4 atom stereocenters. The van der Waals surface area contributed by atoms with Crippen molar-refractivity contribution in [3.8, 4) is 0 Å². The van der Waals surface area contributed by atoms with Crippen LogP contribution in [-0.2, 0) is 16.0 Å². The predicted octanol–water partition coefficient (Wildman–Crippen LogP) is 5.53. The number of carbonyl (C=O) groups excluding carboxylic acids is 3. The van der Waals surface area contributed by atoms with Gasteiger partial charge in [-0.15, -0.1) is 0 Å². The Morgan fingerprint density at radius 2 is 1.81 bits per heavy atom. The van der Waals surface area contributed by atoms with E-state index in [4.69, 9.17) is 11.6 Å². The second-order valence-electron chi connectivity index (χ2n) is 10.8. The molecule has 10 heteroatoms. The van der Waals surface area contributed by atoms with E-state index in [0.29, 0.717) is 17.9 Å². The fraction of sp³-hybridized carbons (Fsp3) is 0.250. The van der Waals surface area contributed by atoms with E-state index in [1.165, 1.54) is 12.1 Å². The molecule has 2 aliphatic rings. The Morgan fingerprint density at radius 1 is 1.07 bits per heavy atom. The average molecular weight is 585 g/mol. The third-order valence-electron chi connectivity index (χ3n) is 8.37. The first kappa shape index (κ1) is 27.5. The molecule has 42 heavy (non-hydrogen) atoms. The van der Waals surface area contributed by atoms with E-state index in [0.717, 1.165) is 32.6 Å². The number of carboxylic acid groups (broad SMARTS) is 1. The van der Waals surface area contributed by atoms with Gasteiger partial charge in [-0.2, -0.15) is 0 Å². The van der Waals surface area contributed by atoms with Gasteiger partial charge in [0.05, 0.1) is 11.3 Å². The predicted molar refractivity (Wildman–Crippen MR) is 159 cm³/mol. The minimum absolute atomic E-state index is 0.0388. The zero-order valence-corrected chi connectivity index (χ0v) is 23.8. The number of aromatic amines is 1. The van der Waals surface area contributed by atoms with Crippen LogP contribution in [0.25, 0.3) is 10.9 Å². The Hall–Kier alpha value is -4.63. The molecule has 1 fully saturated rings. The molecule has 2 aliphatic heterocycles. The molecule has 4 amide bonds. The van der Waals surface area contributed by atoms with Crippen LogP contribution in [0.3, 0.4) is 0 Å². The number of amides is 4. The summed E-state index contributed by atoms with van der Waals surface area (Å²) < 4.78 is 0. The van der Waals surface area contributed by atoms with Crippen molar-refractivity contribution >= 4 is 52.0 Å². The average Bonchev–Trinajstić information content (AvgIpc) is 3.48. The minimum atomic E-state index is -1.15. The summed E-state index contributed by atoms with van der Waals surface area (Å²) in [5, 5.41) is 13.8. The molecule has 1 aromatic heterocycles. The van der Waals surface area contributed by atoms with Gasteiger partial charge < -0.3 is 15.4 Å². The van der Waals surface area contributed by atoms with Gasteiger partial charge in [0.2, 0.25) is 0 Å². The number of aliphatic carboxylic acids is 1.